The van der Waals surface area contributed by atoms with E-state index in [-0.39, 0.29) is 29.5 Å². The Balaban J connectivity index is 1.65. The molecule has 2 N–H and O–H groups in total. The third-order valence-corrected chi connectivity index (χ3v) is 7.04. The summed E-state index contributed by atoms with van der Waals surface area (Å²) in [5, 5.41) is 5.98. The Bertz CT molecular complexity index is 1220. The van der Waals surface area contributed by atoms with E-state index in [9.17, 15) is 9.59 Å². The first-order valence-corrected chi connectivity index (χ1v) is 13.1. The second kappa shape index (κ2) is 10.7. The smallest absolute Gasteiger partial charge is 0.254 e. The summed E-state index contributed by atoms with van der Waals surface area (Å²) >= 11 is 0. The fraction of sp³-hybridized carbons (Fsp3) is 0.556. The number of benzene rings is 1. The van der Waals surface area contributed by atoms with Crippen LogP contribution in [0.4, 0.5) is 27.5 Å². The second-order valence-corrected chi connectivity index (χ2v) is 11.0. The standard InChI is InChI=1S/C27H38FN7O3/c1-8-38-22-11-18(24(36)30-17-9-10-33(6)14-17)19(28)12-20(22)31-26-29-13-21-23(32-26)35(16(2)3)15-27(4,5)25(37)34(21)7/h11-13,16-17H,8-10,14-15H2,1-7H3,(H,30,36)(H,29,31,32)/t17-/m1/s1. The van der Waals surface area contributed by atoms with Gasteiger partial charge in [0.05, 0.1) is 29.5 Å². The average Bonchev–Trinajstić information content (AvgIpc) is 3.24. The molecule has 206 valence electrons. The van der Waals surface area contributed by atoms with E-state index in [1.54, 1.807) is 18.1 Å². The largest absolute Gasteiger partial charge is 0.492 e. The maximum Gasteiger partial charge on any atom is 0.254 e. The monoisotopic (exact) mass is 527 g/mol. The number of aromatic nitrogens is 2. The zero-order chi connectivity index (χ0) is 27.8. The molecule has 2 aliphatic rings. The summed E-state index contributed by atoms with van der Waals surface area (Å²) in [5.74, 6) is -0.0263. The summed E-state index contributed by atoms with van der Waals surface area (Å²) in [5.41, 5.74) is 0.199. The molecule has 1 atom stereocenters. The fourth-order valence-corrected chi connectivity index (χ4v) is 4.97. The van der Waals surface area contributed by atoms with Crippen molar-refractivity contribution in [1.29, 1.82) is 0 Å². The highest BCUT2D eigenvalue weighted by atomic mass is 19.1. The van der Waals surface area contributed by atoms with Crippen molar-refractivity contribution in [3.05, 3.63) is 29.7 Å². The number of likely N-dealkylation sites (N-methyl/N-ethyl adjacent to an activating group) is 1. The lowest BCUT2D eigenvalue weighted by atomic mass is 9.91. The van der Waals surface area contributed by atoms with Crippen LogP contribution < -0.4 is 25.2 Å². The first-order chi connectivity index (χ1) is 17.9. The Labute approximate surface area is 223 Å². The van der Waals surface area contributed by atoms with Crippen molar-refractivity contribution < 1.29 is 18.7 Å². The van der Waals surface area contributed by atoms with E-state index in [1.165, 1.54) is 12.1 Å². The maximum atomic E-state index is 15.2. The average molecular weight is 528 g/mol. The van der Waals surface area contributed by atoms with Crippen molar-refractivity contribution in [2.45, 2.75) is 53.1 Å². The molecular weight excluding hydrogens is 489 g/mol. The first kappa shape index (κ1) is 27.6. The minimum absolute atomic E-state index is 0.0212. The van der Waals surface area contributed by atoms with E-state index in [0.717, 1.165) is 19.5 Å². The molecule has 38 heavy (non-hydrogen) atoms. The van der Waals surface area contributed by atoms with Crippen molar-refractivity contribution in [2.75, 3.05) is 55.5 Å². The second-order valence-electron chi connectivity index (χ2n) is 11.0. The molecule has 2 aromatic rings. The molecule has 2 amide bonds. The van der Waals surface area contributed by atoms with Crippen molar-refractivity contribution in [3.63, 3.8) is 0 Å². The minimum Gasteiger partial charge on any atom is -0.492 e. The highest BCUT2D eigenvalue weighted by molar-refractivity contribution is 6.01. The van der Waals surface area contributed by atoms with Crippen LogP contribution in [0.5, 0.6) is 5.75 Å². The van der Waals surface area contributed by atoms with Gasteiger partial charge in [0, 0.05) is 38.3 Å². The van der Waals surface area contributed by atoms with Crippen LogP contribution in [0, 0.1) is 11.2 Å². The van der Waals surface area contributed by atoms with Crippen molar-refractivity contribution in [1.82, 2.24) is 20.2 Å². The molecule has 10 nitrogen and oxygen atoms in total. The Morgan fingerprint density at radius 1 is 1.29 bits per heavy atom. The van der Waals surface area contributed by atoms with Crippen LogP contribution >= 0.6 is 0 Å². The highest BCUT2D eigenvalue weighted by Gasteiger charge is 2.39. The number of amides is 2. The number of carbonyl (C=O) groups excluding carboxylic acids is 2. The summed E-state index contributed by atoms with van der Waals surface area (Å²) < 4.78 is 20.9. The summed E-state index contributed by atoms with van der Waals surface area (Å²) in [4.78, 5) is 40.8. The van der Waals surface area contributed by atoms with Gasteiger partial charge in [-0.2, -0.15) is 4.98 Å². The number of nitrogens with zero attached hydrogens (tertiary/aromatic N) is 5. The number of anilines is 4. The number of hydrogen-bond donors (Lipinski definition) is 2. The molecule has 0 spiro atoms. The molecule has 1 saturated heterocycles. The lowest BCUT2D eigenvalue weighted by molar-refractivity contribution is -0.125. The topological polar surface area (TPSA) is 103 Å². The SMILES string of the molecule is CCOc1cc(C(=O)N[C@@H]2CCN(C)C2)c(F)cc1Nc1ncc2c(n1)N(C(C)C)CC(C)(C)C(=O)N2C. The Kier molecular flexibility index (Phi) is 7.78. The normalized spacial score (nSPS) is 19.4. The fourth-order valence-electron chi connectivity index (χ4n) is 4.97. The number of hydrogen-bond acceptors (Lipinski definition) is 8. The van der Waals surface area contributed by atoms with Crippen LogP contribution in [0.2, 0.25) is 0 Å². The molecule has 4 rings (SSSR count). The van der Waals surface area contributed by atoms with Gasteiger partial charge in [-0.15, -0.1) is 0 Å². The quantitative estimate of drug-likeness (QED) is 0.565. The van der Waals surface area contributed by atoms with Gasteiger partial charge in [-0.05, 0) is 60.7 Å². The van der Waals surface area contributed by atoms with Crippen LogP contribution in [-0.2, 0) is 4.79 Å². The summed E-state index contributed by atoms with van der Waals surface area (Å²) in [6.07, 6.45) is 2.42. The molecule has 1 fully saturated rings. The molecule has 0 aliphatic carbocycles. The van der Waals surface area contributed by atoms with Gasteiger partial charge >= 0.3 is 0 Å². The first-order valence-electron chi connectivity index (χ1n) is 13.1. The van der Waals surface area contributed by atoms with Crippen molar-refractivity contribution >= 4 is 35.0 Å². The maximum absolute atomic E-state index is 15.2. The zero-order valence-electron chi connectivity index (χ0n) is 23.3. The number of likely N-dealkylation sites (tertiary alicyclic amines) is 1. The van der Waals surface area contributed by atoms with Crippen LogP contribution in [0.25, 0.3) is 0 Å². The lowest BCUT2D eigenvalue weighted by Crippen LogP contribution is -2.44. The van der Waals surface area contributed by atoms with Gasteiger partial charge in [0.1, 0.15) is 17.3 Å². The zero-order valence-corrected chi connectivity index (χ0v) is 23.3. The summed E-state index contributed by atoms with van der Waals surface area (Å²) in [6, 6.07) is 2.69. The van der Waals surface area contributed by atoms with E-state index < -0.39 is 17.1 Å². The molecule has 0 bridgehead atoms. The van der Waals surface area contributed by atoms with Crippen LogP contribution in [0.1, 0.15) is 51.4 Å². The molecule has 2 aliphatic heterocycles. The molecule has 11 heteroatoms. The van der Waals surface area contributed by atoms with Gasteiger partial charge in [0.15, 0.2) is 5.82 Å². The number of rotatable bonds is 7. The van der Waals surface area contributed by atoms with Gasteiger partial charge in [-0.25, -0.2) is 9.37 Å². The molecule has 1 aromatic carbocycles. The third-order valence-electron chi connectivity index (χ3n) is 7.04. The Morgan fingerprint density at radius 3 is 2.66 bits per heavy atom. The Hall–Kier alpha value is -3.47. The van der Waals surface area contributed by atoms with E-state index in [1.807, 2.05) is 41.7 Å². The molecular formula is C27H38FN7O3. The van der Waals surface area contributed by atoms with Gasteiger partial charge in [-0.1, -0.05) is 0 Å². The number of halogens is 1. The van der Waals surface area contributed by atoms with Gasteiger partial charge in [0.25, 0.3) is 5.91 Å². The molecule has 0 saturated carbocycles. The van der Waals surface area contributed by atoms with Crippen LogP contribution in [0.3, 0.4) is 0 Å². The van der Waals surface area contributed by atoms with Gasteiger partial charge in [0.2, 0.25) is 11.9 Å². The molecule has 3 heterocycles. The molecule has 0 radical (unpaired) electrons. The van der Waals surface area contributed by atoms with Crippen LogP contribution in [-0.4, -0.2) is 79.1 Å². The summed E-state index contributed by atoms with van der Waals surface area (Å²) in [7, 11) is 3.71. The lowest BCUT2D eigenvalue weighted by Gasteiger charge is -2.32. The number of carbonyl (C=O) groups is 2. The van der Waals surface area contributed by atoms with Gasteiger partial charge in [-0.3, -0.25) is 9.59 Å². The third kappa shape index (κ3) is 5.52. The summed E-state index contributed by atoms with van der Waals surface area (Å²) in [6.45, 7) is 12.2. The highest BCUT2D eigenvalue weighted by Crippen LogP contribution is 2.38. The Morgan fingerprint density at radius 2 is 2.03 bits per heavy atom. The van der Waals surface area contributed by atoms with Crippen molar-refractivity contribution in [3.8, 4) is 5.75 Å². The predicted molar refractivity (Wildman–Crippen MR) is 146 cm³/mol. The van der Waals surface area contributed by atoms with E-state index in [0.29, 0.717) is 36.1 Å². The molecule has 0 unspecified atom stereocenters. The number of nitrogens with one attached hydrogen (secondary N) is 2. The van der Waals surface area contributed by atoms with Crippen LogP contribution in [0.15, 0.2) is 18.3 Å². The minimum atomic E-state index is -0.676. The van der Waals surface area contributed by atoms with E-state index in [2.05, 4.69) is 25.4 Å². The number of fused-ring (bicyclic) bond motifs is 1. The van der Waals surface area contributed by atoms with E-state index in [4.69, 9.17) is 9.72 Å². The predicted octanol–water partition coefficient (Wildman–Crippen LogP) is 3.41. The number of ether oxygens (including phenoxy) is 1. The van der Waals surface area contributed by atoms with Gasteiger partial charge < -0.3 is 30.1 Å². The van der Waals surface area contributed by atoms with E-state index >= 15 is 4.39 Å². The van der Waals surface area contributed by atoms with Crippen molar-refractivity contribution in [2.24, 2.45) is 5.41 Å². The molecule has 1 aromatic heterocycles.